The highest BCUT2D eigenvalue weighted by molar-refractivity contribution is 5.41. The van der Waals surface area contributed by atoms with E-state index in [-0.39, 0.29) is 11.4 Å². The normalized spacial score (nSPS) is 11.2. The summed E-state index contributed by atoms with van der Waals surface area (Å²) in [6.07, 6.45) is 0.933. The van der Waals surface area contributed by atoms with Gasteiger partial charge in [0.05, 0.1) is 6.61 Å². The van der Waals surface area contributed by atoms with E-state index in [0.29, 0.717) is 18.3 Å². The fraction of sp³-hybridized carbons (Fsp3) is 0.600. The molecule has 0 bridgehead atoms. The number of nitrogen functional groups attached to an aromatic ring is 2. The monoisotopic (exact) mass is 225 g/mol. The number of hydrogen-bond acceptors (Lipinski definition) is 6. The fourth-order valence-corrected chi connectivity index (χ4v) is 1.05. The molecule has 16 heavy (non-hydrogen) atoms. The molecule has 0 fully saturated rings. The molecule has 0 amide bonds. The maximum atomic E-state index is 5.49. The van der Waals surface area contributed by atoms with Crippen molar-refractivity contribution in [3.8, 4) is 5.88 Å². The van der Waals surface area contributed by atoms with E-state index in [1.165, 1.54) is 0 Å². The molecule has 0 aliphatic carbocycles. The van der Waals surface area contributed by atoms with Crippen LogP contribution in [0.1, 0.15) is 27.2 Å². The van der Waals surface area contributed by atoms with Gasteiger partial charge in [-0.2, -0.15) is 9.97 Å². The second-order valence-electron chi connectivity index (χ2n) is 4.75. The Labute approximate surface area is 95.4 Å². The molecule has 90 valence electrons. The molecule has 0 atom stereocenters. The number of aromatic nitrogens is 2. The second-order valence-corrected chi connectivity index (χ2v) is 4.75. The van der Waals surface area contributed by atoms with Crippen LogP contribution in [-0.2, 0) is 0 Å². The van der Waals surface area contributed by atoms with Crippen LogP contribution >= 0.6 is 0 Å². The van der Waals surface area contributed by atoms with Crippen LogP contribution in [0.3, 0.4) is 0 Å². The summed E-state index contributed by atoms with van der Waals surface area (Å²) >= 11 is 0. The largest absolute Gasteiger partial charge is 0.477 e. The van der Waals surface area contributed by atoms with Crippen molar-refractivity contribution in [2.75, 3.05) is 17.8 Å². The number of nitrogens with zero attached hydrogens (tertiary/aromatic N) is 2. The van der Waals surface area contributed by atoms with Crippen LogP contribution in [-0.4, -0.2) is 16.6 Å². The number of anilines is 2. The molecule has 0 saturated carbocycles. The van der Waals surface area contributed by atoms with Gasteiger partial charge in [-0.1, -0.05) is 20.8 Å². The standard InChI is InChI=1S/C10H19N5O/c1-10(2,3)4-5-16-8-6-7(15-12)13-9(11)14-8/h6H,4-5,12H2,1-3H3,(H3,11,13,14,15). The van der Waals surface area contributed by atoms with E-state index in [2.05, 4.69) is 36.2 Å². The number of nitrogens with two attached hydrogens (primary N) is 2. The van der Waals surface area contributed by atoms with Crippen LogP contribution in [0.15, 0.2) is 6.07 Å². The van der Waals surface area contributed by atoms with Gasteiger partial charge in [-0.25, -0.2) is 5.84 Å². The second kappa shape index (κ2) is 4.98. The summed E-state index contributed by atoms with van der Waals surface area (Å²) in [4.78, 5) is 7.81. The van der Waals surface area contributed by atoms with E-state index < -0.39 is 0 Å². The lowest BCUT2D eigenvalue weighted by Gasteiger charge is -2.17. The molecule has 0 spiro atoms. The van der Waals surface area contributed by atoms with Crippen molar-refractivity contribution in [3.05, 3.63) is 6.07 Å². The van der Waals surface area contributed by atoms with Crippen molar-refractivity contribution in [1.82, 2.24) is 9.97 Å². The molecule has 5 N–H and O–H groups in total. The SMILES string of the molecule is CC(C)(C)CCOc1cc(NN)nc(N)n1. The third-order valence-electron chi connectivity index (χ3n) is 1.97. The average molecular weight is 225 g/mol. The van der Waals surface area contributed by atoms with E-state index in [4.69, 9.17) is 16.3 Å². The van der Waals surface area contributed by atoms with Gasteiger partial charge in [0.2, 0.25) is 11.8 Å². The minimum Gasteiger partial charge on any atom is -0.477 e. The Bertz CT molecular complexity index is 348. The van der Waals surface area contributed by atoms with Crippen molar-refractivity contribution >= 4 is 11.8 Å². The van der Waals surface area contributed by atoms with Gasteiger partial charge in [0, 0.05) is 6.07 Å². The Morgan fingerprint density at radius 3 is 2.62 bits per heavy atom. The maximum absolute atomic E-state index is 5.49. The molecule has 6 nitrogen and oxygen atoms in total. The molecule has 6 heteroatoms. The Hall–Kier alpha value is -1.56. The molecule has 1 heterocycles. The lowest BCUT2D eigenvalue weighted by atomic mass is 9.93. The van der Waals surface area contributed by atoms with E-state index in [0.717, 1.165) is 6.42 Å². The minimum absolute atomic E-state index is 0.140. The number of hydrazine groups is 1. The van der Waals surface area contributed by atoms with E-state index in [1.807, 2.05) is 0 Å². The summed E-state index contributed by atoms with van der Waals surface area (Å²) < 4.78 is 5.48. The molecule has 0 saturated heterocycles. The Morgan fingerprint density at radius 2 is 2.06 bits per heavy atom. The van der Waals surface area contributed by atoms with E-state index in [9.17, 15) is 0 Å². The number of hydrogen-bond donors (Lipinski definition) is 3. The highest BCUT2D eigenvalue weighted by Gasteiger charge is 2.10. The zero-order valence-corrected chi connectivity index (χ0v) is 9.95. The van der Waals surface area contributed by atoms with Crippen molar-refractivity contribution in [3.63, 3.8) is 0 Å². The zero-order valence-electron chi connectivity index (χ0n) is 9.95. The molecule has 1 rings (SSSR count). The lowest BCUT2D eigenvalue weighted by molar-refractivity contribution is 0.236. The first-order chi connectivity index (χ1) is 7.40. The van der Waals surface area contributed by atoms with Crippen LogP contribution < -0.4 is 21.7 Å². The van der Waals surface area contributed by atoms with Gasteiger partial charge in [-0.15, -0.1) is 0 Å². The van der Waals surface area contributed by atoms with Gasteiger partial charge in [0.15, 0.2) is 0 Å². The fourth-order valence-electron chi connectivity index (χ4n) is 1.05. The molecule has 1 aromatic rings. The quantitative estimate of drug-likeness (QED) is 0.525. The first kappa shape index (κ1) is 12.5. The van der Waals surface area contributed by atoms with Crippen LogP contribution in [0.4, 0.5) is 11.8 Å². The van der Waals surface area contributed by atoms with Crippen molar-refractivity contribution in [1.29, 1.82) is 0 Å². The van der Waals surface area contributed by atoms with Crippen molar-refractivity contribution < 1.29 is 4.74 Å². The van der Waals surface area contributed by atoms with Gasteiger partial charge in [0.25, 0.3) is 0 Å². The van der Waals surface area contributed by atoms with Crippen LogP contribution in [0.2, 0.25) is 0 Å². The van der Waals surface area contributed by atoms with Gasteiger partial charge in [0.1, 0.15) is 5.82 Å². The minimum atomic E-state index is 0.140. The highest BCUT2D eigenvalue weighted by atomic mass is 16.5. The zero-order chi connectivity index (χ0) is 12.2. The van der Waals surface area contributed by atoms with E-state index in [1.54, 1.807) is 6.07 Å². The number of rotatable bonds is 4. The Morgan fingerprint density at radius 1 is 1.38 bits per heavy atom. The molecular weight excluding hydrogens is 206 g/mol. The highest BCUT2D eigenvalue weighted by Crippen LogP contribution is 2.19. The topological polar surface area (TPSA) is 99.1 Å². The van der Waals surface area contributed by atoms with Gasteiger partial charge in [-0.05, 0) is 11.8 Å². The molecule has 0 aliphatic heterocycles. The summed E-state index contributed by atoms with van der Waals surface area (Å²) in [6.45, 7) is 7.04. The summed E-state index contributed by atoms with van der Waals surface area (Å²) in [5.74, 6) is 6.25. The summed E-state index contributed by atoms with van der Waals surface area (Å²) in [6, 6.07) is 1.61. The smallest absolute Gasteiger partial charge is 0.225 e. The predicted molar refractivity (Wildman–Crippen MR) is 63.8 cm³/mol. The van der Waals surface area contributed by atoms with Gasteiger partial charge >= 0.3 is 0 Å². The van der Waals surface area contributed by atoms with E-state index >= 15 is 0 Å². The molecule has 0 unspecified atom stereocenters. The average Bonchev–Trinajstić information content (AvgIpc) is 2.14. The van der Waals surface area contributed by atoms with Crippen LogP contribution in [0.25, 0.3) is 0 Å². The number of ether oxygens (including phenoxy) is 1. The molecule has 1 aromatic heterocycles. The lowest BCUT2D eigenvalue weighted by Crippen LogP contribution is -2.13. The first-order valence-electron chi connectivity index (χ1n) is 5.15. The van der Waals surface area contributed by atoms with Gasteiger partial charge in [-0.3, -0.25) is 0 Å². The summed E-state index contributed by atoms with van der Waals surface area (Å²) in [5.41, 5.74) is 8.13. The van der Waals surface area contributed by atoms with Crippen molar-refractivity contribution in [2.45, 2.75) is 27.2 Å². The molecule has 0 radical (unpaired) electrons. The van der Waals surface area contributed by atoms with Gasteiger partial charge < -0.3 is 15.9 Å². The summed E-state index contributed by atoms with van der Waals surface area (Å²) in [7, 11) is 0. The Kier molecular flexibility index (Phi) is 3.89. The predicted octanol–water partition coefficient (Wildman–Crippen LogP) is 1.16. The molecular formula is C10H19N5O. The Balaban J connectivity index is 2.57. The maximum Gasteiger partial charge on any atom is 0.225 e. The van der Waals surface area contributed by atoms with Crippen molar-refractivity contribution in [2.24, 2.45) is 11.3 Å². The number of nitrogens with one attached hydrogen (secondary N) is 1. The third-order valence-corrected chi connectivity index (χ3v) is 1.97. The summed E-state index contributed by atoms with van der Waals surface area (Å²) in [5, 5.41) is 0. The molecule has 0 aliphatic rings. The van der Waals surface area contributed by atoms with Crippen LogP contribution in [0.5, 0.6) is 5.88 Å². The first-order valence-corrected chi connectivity index (χ1v) is 5.15. The molecule has 0 aromatic carbocycles. The van der Waals surface area contributed by atoms with Crippen LogP contribution in [0, 0.1) is 5.41 Å². The third kappa shape index (κ3) is 4.31.